The van der Waals surface area contributed by atoms with Gasteiger partial charge in [0.15, 0.2) is 11.6 Å². The van der Waals surface area contributed by atoms with E-state index in [2.05, 4.69) is 4.98 Å². The van der Waals surface area contributed by atoms with E-state index in [1.807, 2.05) is 0 Å². The Hall–Kier alpha value is -1.20. The minimum atomic E-state index is -0.855. The molecule has 112 valence electrons. The summed E-state index contributed by atoms with van der Waals surface area (Å²) >= 11 is 5.98. The first-order valence-corrected chi connectivity index (χ1v) is 7.76. The summed E-state index contributed by atoms with van der Waals surface area (Å²) in [6.07, 6.45) is 3.13. The number of imidazole rings is 1. The van der Waals surface area contributed by atoms with Crippen molar-refractivity contribution in [2.45, 2.75) is 37.3 Å². The molecule has 2 heterocycles. The van der Waals surface area contributed by atoms with Crippen LogP contribution >= 0.6 is 11.6 Å². The van der Waals surface area contributed by atoms with Crippen LogP contribution in [0.25, 0.3) is 11.0 Å². The summed E-state index contributed by atoms with van der Waals surface area (Å²) in [7, 11) is 0. The molecule has 0 radical (unpaired) electrons. The van der Waals surface area contributed by atoms with Crippen LogP contribution in [0.15, 0.2) is 12.1 Å². The van der Waals surface area contributed by atoms with Crippen molar-refractivity contribution in [1.29, 1.82) is 0 Å². The van der Waals surface area contributed by atoms with Gasteiger partial charge >= 0.3 is 0 Å². The first kappa shape index (κ1) is 13.5. The second-order valence-electron chi connectivity index (χ2n) is 5.79. The van der Waals surface area contributed by atoms with Crippen LogP contribution in [-0.2, 0) is 10.6 Å². The van der Waals surface area contributed by atoms with Gasteiger partial charge in [-0.1, -0.05) is 0 Å². The fourth-order valence-electron chi connectivity index (χ4n) is 3.37. The van der Waals surface area contributed by atoms with Gasteiger partial charge in [0.2, 0.25) is 0 Å². The van der Waals surface area contributed by atoms with Crippen molar-refractivity contribution in [3.8, 4) is 0 Å². The molecular formula is C15H15ClF2N2O. The minimum Gasteiger partial charge on any atom is -0.376 e. The Kier molecular flexibility index (Phi) is 3.15. The van der Waals surface area contributed by atoms with Crippen LogP contribution in [0, 0.1) is 17.6 Å². The van der Waals surface area contributed by atoms with E-state index in [4.69, 9.17) is 16.3 Å². The Morgan fingerprint density at radius 3 is 2.81 bits per heavy atom. The number of halogens is 3. The Balaban J connectivity index is 1.91. The third kappa shape index (κ3) is 2.06. The number of aromatic nitrogens is 2. The van der Waals surface area contributed by atoms with Crippen LogP contribution in [0.2, 0.25) is 0 Å². The summed E-state index contributed by atoms with van der Waals surface area (Å²) in [5.74, 6) is -0.430. The number of rotatable bonds is 3. The van der Waals surface area contributed by atoms with Gasteiger partial charge in [-0.3, -0.25) is 0 Å². The highest BCUT2D eigenvalue weighted by Crippen LogP contribution is 2.45. The largest absolute Gasteiger partial charge is 0.376 e. The van der Waals surface area contributed by atoms with Crippen LogP contribution in [0.3, 0.4) is 0 Å². The van der Waals surface area contributed by atoms with E-state index < -0.39 is 11.6 Å². The molecule has 1 aliphatic carbocycles. The molecule has 2 aromatic rings. The lowest BCUT2D eigenvalue weighted by atomic mass is 10.1. The second-order valence-corrected chi connectivity index (χ2v) is 6.06. The summed E-state index contributed by atoms with van der Waals surface area (Å²) in [6, 6.07) is 2.60. The average Bonchev–Trinajstić information content (AvgIpc) is 3.10. The normalized spacial score (nSPS) is 25.9. The van der Waals surface area contributed by atoms with Crippen LogP contribution in [0.5, 0.6) is 0 Å². The highest BCUT2D eigenvalue weighted by atomic mass is 35.5. The summed E-state index contributed by atoms with van der Waals surface area (Å²) in [4.78, 5) is 4.36. The molecule has 3 nitrogen and oxygen atoms in total. The Labute approximate surface area is 125 Å². The molecular weight excluding hydrogens is 298 g/mol. The van der Waals surface area contributed by atoms with Gasteiger partial charge in [-0.25, -0.2) is 13.8 Å². The molecule has 1 aromatic heterocycles. The topological polar surface area (TPSA) is 27.1 Å². The van der Waals surface area contributed by atoms with Crippen LogP contribution in [-0.4, -0.2) is 22.3 Å². The molecule has 2 atom stereocenters. The van der Waals surface area contributed by atoms with Gasteiger partial charge in [-0.05, 0) is 37.3 Å². The first-order valence-electron chi connectivity index (χ1n) is 7.23. The molecule has 0 amide bonds. The third-order valence-corrected chi connectivity index (χ3v) is 4.70. The van der Waals surface area contributed by atoms with Gasteiger partial charge in [-0.2, -0.15) is 0 Å². The number of nitrogens with zero attached hydrogens (tertiary/aromatic N) is 2. The lowest BCUT2D eigenvalue weighted by molar-refractivity contribution is 0.0753. The smallest absolute Gasteiger partial charge is 0.184 e. The Morgan fingerprint density at radius 2 is 2.10 bits per heavy atom. The maximum atomic E-state index is 14.3. The van der Waals surface area contributed by atoms with Crippen molar-refractivity contribution in [1.82, 2.24) is 9.55 Å². The van der Waals surface area contributed by atoms with Crippen LogP contribution < -0.4 is 0 Å². The van der Waals surface area contributed by atoms with E-state index in [0.29, 0.717) is 23.9 Å². The van der Waals surface area contributed by atoms with Gasteiger partial charge in [0.05, 0.1) is 23.5 Å². The number of benzene rings is 1. The van der Waals surface area contributed by atoms with E-state index in [0.717, 1.165) is 25.3 Å². The van der Waals surface area contributed by atoms with Crippen molar-refractivity contribution < 1.29 is 13.5 Å². The number of hydrogen-bond donors (Lipinski definition) is 0. The molecule has 1 saturated carbocycles. The van der Waals surface area contributed by atoms with E-state index in [1.54, 1.807) is 4.57 Å². The van der Waals surface area contributed by atoms with Crippen molar-refractivity contribution in [2.75, 3.05) is 6.61 Å². The highest BCUT2D eigenvalue weighted by molar-refractivity contribution is 6.16. The maximum Gasteiger partial charge on any atom is 0.184 e. The molecule has 2 unspecified atom stereocenters. The number of alkyl halides is 1. The fourth-order valence-corrected chi connectivity index (χ4v) is 3.56. The summed E-state index contributed by atoms with van der Waals surface area (Å²) in [5.41, 5.74) is 0.665. The molecule has 21 heavy (non-hydrogen) atoms. The zero-order valence-electron chi connectivity index (χ0n) is 11.4. The van der Waals surface area contributed by atoms with Crippen molar-refractivity contribution in [3.63, 3.8) is 0 Å². The Morgan fingerprint density at radius 1 is 1.29 bits per heavy atom. The monoisotopic (exact) mass is 312 g/mol. The maximum absolute atomic E-state index is 14.3. The standard InChI is InChI=1S/C15H15ClF2N2O/c16-7-12-19-10-4-3-9(17)13(18)14(10)20(12)11-5-6-21-15(11)8-1-2-8/h3-4,8,11,15H,1-2,5-7H2. The molecule has 4 rings (SSSR count). The van der Waals surface area contributed by atoms with Crippen molar-refractivity contribution >= 4 is 22.6 Å². The molecule has 0 bridgehead atoms. The molecule has 0 N–H and O–H groups in total. The van der Waals surface area contributed by atoms with Crippen LogP contribution in [0.4, 0.5) is 8.78 Å². The molecule has 1 aromatic carbocycles. The third-order valence-electron chi connectivity index (χ3n) is 4.46. The number of fused-ring (bicyclic) bond motifs is 1. The second kappa shape index (κ2) is 4.92. The van der Waals surface area contributed by atoms with Crippen molar-refractivity contribution in [2.24, 2.45) is 5.92 Å². The summed E-state index contributed by atoms with van der Waals surface area (Å²) in [6.45, 7) is 0.643. The molecule has 1 aliphatic heterocycles. The summed E-state index contributed by atoms with van der Waals surface area (Å²) in [5, 5.41) is 0. The summed E-state index contributed by atoms with van der Waals surface area (Å²) < 4.78 is 35.5. The lowest BCUT2D eigenvalue weighted by Gasteiger charge is -2.22. The van der Waals surface area contributed by atoms with E-state index >= 15 is 0 Å². The number of hydrogen-bond acceptors (Lipinski definition) is 2. The minimum absolute atomic E-state index is 0.00690. The van der Waals surface area contributed by atoms with E-state index in [9.17, 15) is 8.78 Å². The lowest BCUT2D eigenvalue weighted by Crippen LogP contribution is -2.23. The first-order chi connectivity index (χ1) is 10.2. The van der Waals surface area contributed by atoms with Gasteiger partial charge in [0.25, 0.3) is 0 Å². The van der Waals surface area contributed by atoms with E-state index in [-0.39, 0.29) is 23.5 Å². The molecule has 1 saturated heterocycles. The average molecular weight is 313 g/mol. The van der Waals surface area contributed by atoms with Gasteiger partial charge in [0.1, 0.15) is 11.3 Å². The Bertz CT molecular complexity index is 699. The zero-order chi connectivity index (χ0) is 14.6. The van der Waals surface area contributed by atoms with E-state index in [1.165, 1.54) is 6.07 Å². The van der Waals surface area contributed by atoms with Gasteiger partial charge in [-0.15, -0.1) is 11.6 Å². The molecule has 0 spiro atoms. The van der Waals surface area contributed by atoms with Crippen molar-refractivity contribution in [3.05, 3.63) is 29.6 Å². The zero-order valence-corrected chi connectivity index (χ0v) is 12.1. The van der Waals surface area contributed by atoms with Crippen LogP contribution in [0.1, 0.15) is 31.1 Å². The SMILES string of the molecule is Fc1ccc2nc(CCl)n(C3CCOC3C3CC3)c2c1F. The van der Waals surface area contributed by atoms with Gasteiger partial charge < -0.3 is 9.30 Å². The van der Waals surface area contributed by atoms with Gasteiger partial charge in [0, 0.05) is 6.61 Å². The fraction of sp³-hybridized carbons (Fsp3) is 0.533. The molecule has 2 fully saturated rings. The quantitative estimate of drug-likeness (QED) is 0.806. The molecule has 2 aliphatic rings. The molecule has 6 heteroatoms. The number of ether oxygens (including phenoxy) is 1. The predicted octanol–water partition coefficient (Wildman–Crippen LogP) is 3.79. The highest BCUT2D eigenvalue weighted by Gasteiger charge is 2.42. The predicted molar refractivity (Wildman–Crippen MR) is 75.3 cm³/mol.